The van der Waals surface area contributed by atoms with Crippen LogP contribution in [-0.2, 0) is 21.2 Å². The van der Waals surface area contributed by atoms with Gasteiger partial charge in [-0.25, -0.2) is 8.42 Å². The van der Waals surface area contributed by atoms with Crippen molar-refractivity contribution in [3.8, 4) is 0 Å². The second kappa shape index (κ2) is 10.9. The van der Waals surface area contributed by atoms with Crippen molar-refractivity contribution in [3.63, 3.8) is 0 Å². The number of sulfonamides is 1. The van der Waals surface area contributed by atoms with E-state index in [-0.39, 0.29) is 23.4 Å². The Morgan fingerprint density at radius 1 is 1.00 bits per heavy atom. The van der Waals surface area contributed by atoms with E-state index in [9.17, 15) is 13.2 Å². The fraction of sp³-hybridized carbons (Fsp3) is 0.480. The van der Waals surface area contributed by atoms with Gasteiger partial charge in [0.05, 0.1) is 15.6 Å². The summed E-state index contributed by atoms with van der Waals surface area (Å²) in [7, 11) is -3.68. The van der Waals surface area contributed by atoms with Gasteiger partial charge in [-0.2, -0.15) is 4.31 Å². The number of benzene rings is 2. The molecule has 178 valence electrons. The number of aryl methyl sites for hydroxylation is 1. The van der Waals surface area contributed by atoms with Crippen LogP contribution in [0, 0.1) is 0 Å². The van der Waals surface area contributed by atoms with Crippen molar-refractivity contribution in [2.75, 3.05) is 31.1 Å². The predicted molar refractivity (Wildman–Crippen MR) is 132 cm³/mol. The lowest BCUT2D eigenvalue weighted by Crippen LogP contribution is -2.49. The lowest BCUT2D eigenvalue weighted by molar-refractivity contribution is -0.122. The molecule has 0 saturated carbocycles. The minimum Gasteiger partial charge on any atom is -0.370 e. The normalized spacial score (nSPS) is 19.9. The summed E-state index contributed by atoms with van der Waals surface area (Å²) in [6.45, 7) is 2.63. The lowest BCUT2D eigenvalue weighted by Gasteiger charge is -2.33. The number of amides is 1. The first-order valence-electron chi connectivity index (χ1n) is 11.8. The molecule has 33 heavy (non-hydrogen) atoms. The van der Waals surface area contributed by atoms with Gasteiger partial charge in [0.15, 0.2) is 0 Å². The van der Waals surface area contributed by atoms with E-state index < -0.39 is 10.0 Å². The van der Waals surface area contributed by atoms with Crippen LogP contribution in [0.2, 0.25) is 5.02 Å². The van der Waals surface area contributed by atoms with Crippen LogP contribution >= 0.6 is 11.6 Å². The number of halogens is 1. The Balaban J connectivity index is 1.37. The van der Waals surface area contributed by atoms with Gasteiger partial charge in [-0.1, -0.05) is 41.9 Å². The summed E-state index contributed by atoms with van der Waals surface area (Å²) in [4.78, 5) is 14.9. The third kappa shape index (κ3) is 6.08. The van der Waals surface area contributed by atoms with E-state index in [2.05, 4.69) is 10.2 Å². The summed E-state index contributed by atoms with van der Waals surface area (Å²) in [6, 6.07) is 14.8. The summed E-state index contributed by atoms with van der Waals surface area (Å²) in [5.41, 5.74) is 2.02. The number of piperidine rings is 2. The summed E-state index contributed by atoms with van der Waals surface area (Å²) in [6.07, 6.45) is 6.02. The van der Waals surface area contributed by atoms with Crippen molar-refractivity contribution < 1.29 is 13.2 Å². The van der Waals surface area contributed by atoms with Gasteiger partial charge in [-0.15, -0.1) is 0 Å². The van der Waals surface area contributed by atoms with Crippen molar-refractivity contribution in [1.29, 1.82) is 0 Å². The SMILES string of the molecule is O=C(CCc1ccccc1)NC1CCCN(S(=O)(=O)c2ccc(N3CCCCC3)c(Cl)c2)C1. The molecule has 2 aliphatic heterocycles. The Hall–Kier alpha value is -2.09. The molecule has 0 radical (unpaired) electrons. The molecule has 4 rings (SSSR count). The van der Waals surface area contributed by atoms with Crippen LogP contribution in [0.4, 0.5) is 5.69 Å². The average molecular weight is 490 g/mol. The number of carbonyl (C=O) groups excluding carboxylic acids is 1. The van der Waals surface area contributed by atoms with Crippen molar-refractivity contribution in [3.05, 3.63) is 59.1 Å². The van der Waals surface area contributed by atoms with E-state index in [0.717, 1.165) is 43.6 Å². The maximum atomic E-state index is 13.3. The molecule has 1 N–H and O–H groups in total. The van der Waals surface area contributed by atoms with Crippen molar-refractivity contribution in [1.82, 2.24) is 9.62 Å². The largest absolute Gasteiger partial charge is 0.370 e. The fourth-order valence-electron chi connectivity index (χ4n) is 4.67. The maximum Gasteiger partial charge on any atom is 0.243 e. The Morgan fingerprint density at radius 2 is 1.76 bits per heavy atom. The first kappa shape index (κ1) is 24.0. The number of hydrogen-bond acceptors (Lipinski definition) is 4. The smallest absolute Gasteiger partial charge is 0.243 e. The van der Waals surface area contributed by atoms with Crippen LogP contribution < -0.4 is 10.2 Å². The first-order valence-corrected chi connectivity index (χ1v) is 13.6. The van der Waals surface area contributed by atoms with E-state index in [1.807, 2.05) is 36.4 Å². The van der Waals surface area contributed by atoms with E-state index in [1.165, 1.54) is 10.7 Å². The molecule has 8 heteroatoms. The number of rotatable bonds is 7. The number of nitrogens with zero attached hydrogens (tertiary/aromatic N) is 2. The van der Waals surface area contributed by atoms with Gasteiger partial charge in [0, 0.05) is 38.6 Å². The number of carbonyl (C=O) groups is 1. The molecule has 2 fully saturated rings. The van der Waals surface area contributed by atoms with Crippen LogP contribution in [0.25, 0.3) is 0 Å². The minimum atomic E-state index is -3.68. The third-order valence-electron chi connectivity index (χ3n) is 6.49. The molecule has 1 atom stereocenters. The van der Waals surface area contributed by atoms with E-state index in [1.54, 1.807) is 12.1 Å². The Morgan fingerprint density at radius 3 is 2.48 bits per heavy atom. The summed E-state index contributed by atoms with van der Waals surface area (Å²) >= 11 is 6.51. The molecule has 0 spiro atoms. The quantitative estimate of drug-likeness (QED) is 0.631. The third-order valence-corrected chi connectivity index (χ3v) is 8.65. The van der Waals surface area contributed by atoms with E-state index in [4.69, 9.17) is 11.6 Å². The zero-order valence-electron chi connectivity index (χ0n) is 18.9. The molecule has 1 amide bonds. The summed E-state index contributed by atoms with van der Waals surface area (Å²) in [5.74, 6) is -0.0444. The van der Waals surface area contributed by atoms with Crippen molar-refractivity contribution in [2.45, 2.75) is 55.9 Å². The maximum absolute atomic E-state index is 13.3. The Bertz CT molecular complexity index is 1060. The highest BCUT2D eigenvalue weighted by atomic mass is 35.5. The van der Waals surface area contributed by atoms with Crippen LogP contribution in [0.3, 0.4) is 0 Å². The molecular weight excluding hydrogens is 458 g/mol. The molecule has 6 nitrogen and oxygen atoms in total. The molecule has 0 bridgehead atoms. The molecule has 2 aromatic rings. The van der Waals surface area contributed by atoms with Crippen LogP contribution in [0.1, 0.15) is 44.1 Å². The standard InChI is InChI=1S/C25H32ClN3O3S/c26-23-18-22(12-13-24(23)28-15-5-2-6-16-28)33(31,32)29-17-7-10-21(19-29)27-25(30)14-11-20-8-3-1-4-9-20/h1,3-4,8-9,12-13,18,21H,2,5-7,10-11,14-17,19H2,(H,27,30). The molecule has 2 aliphatic rings. The highest BCUT2D eigenvalue weighted by Gasteiger charge is 2.31. The zero-order chi connectivity index (χ0) is 23.3. The molecular formula is C25H32ClN3O3S. The molecule has 2 saturated heterocycles. The van der Waals surface area contributed by atoms with Gasteiger partial charge in [0.1, 0.15) is 0 Å². The molecule has 0 aliphatic carbocycles. The van der Waals surface area contributed by atoms with Gasteiger partial charge >= 0.3 is 0 Å². The molecule has 1 unspecified atom stereocenters. The monoisotopic (exact) mass is 489 g/mol. The molecule has 2 aromatic carbocycles. The van der Waals surface area contributed by atoms with Crippen LogP contribution in [0.15, 0.2) is 53.4 Å². The van der Waals surface area contributed by atoms with E-state index in [0.29, 0.717) is 30.8 Å². The van der Waals surface area contributed by atoms with Crippen molar-refractivity contribution >= 4 is 33.2 Å². The Kier molecular flexibility index (Phi) is 7.94. The number of hydrogen-bond donors (Lipinski definition) is 1. The summed E-state index contributed by atoms with van der Waals surface area (Å²) in [5, 5.41) is 3.50. The minimum absolute atomic E-state index is 0.0444. The highest BCUT2D eigenvalue weighted by molar-refractivity contribution is 7.89. The molecule has 2 heterocycles. The average Bonchev–Trinajstić information content (AvgIpc) is 2.84. The van der Waals surface area contributed by atoms with Gasteiger partial charge in [0.2, 0.25) is 15.9 Å². The molecule has 0 aromatic heterocycles. The van der Waals surface area contributed by atoms with Gasteiger partial charge in [0.25, 0.3) is 0 Å². The number of anilines is 1. The lowest BCUT2D eigenvalue weighted by atomic mass is 10.1. The first-order chi connectivity index (χ1) is 15.9. The van der Waals surface area contributed by atoms with Crippen molar-refractivity contribution in [2.24, 2.45) is 0 Å². The van der Waals surface area contributed by atoms with Crippen LogP contribution in [0.5, 0.6) is 0 Å². The summed E-state index contributed by atoms with van der Waals surface area (Å²) < 4.78 is 28.1. The Labute approximate surface area is 202 Å². The topological polar surface area (TPSA) is 69.7 Å². The van der Waals surface area contributed by atoms with Crippen LogP contribution in [-0.4, -0.2) is 50.9 Å². The second-order valence-electron chi connectivity index (χ2n) is 8.92. The van der Waals surface area contributed by atoms with Gasteiger partial charge in [-0.05, 0) is 62.3 Å². The predicted octanol–water partition coefficient (Wildman–Crippen LogP) is 4.23. The second-order valence-corrected chi connectivity index (χ2v) is 11.3. The van der Waals surface area contributed by atoms with Gasteiger partial charge < -0.3 is 10.2 Å². The van der Waals surface area contributed by atoms with Gasteiger partial charge in [-0.3, -0.25) is 4.79 Å². The fourth-order valence-corrected chi connectivity index (χ4v) is 6.58. The zero-order valence-corrected chi connectivity index (χ0v) is 20.5. The van der Waals surface area contributed by atoms with E-state index >= 15 is 0 Å². The number of nitrogens with one attached hydrogen (secondary N) is 1. The highest BCUT2D eigenvalue weighted by Crippen LogP contribution is 2.32.